The van der Waals surface area contributed by atoms with E-state index in [1.54, 1.807) is 18.2 Å². The first-order valence-electron chi connectivity index (χ1n) is 6.96. The Labute approximate surface area is 120 Å². The molecule has 1 amide bonds. The van der Waals surface area contributed by atoms with Crippen molar-refractivity contribution in [2.24, 2.45) is 0 Å². The maximum absolute atomic E-state index is 12.2. The van der Waals surface area contributed by atoms with Crippen LogP contribution in [0.25, 0.3) is 0 Å². The lowest BCUT2D eigenvalue weighted by atomic mass is 10.2. The molecule has 0 atom stereocenters. The van der Waals surface area contributed by atoms with Gasteiger partial charge < -0.3 is 19.5 Å². The molecule has 0 radical (unpaired) electrons. The smallest absolute Gasteiger partial charge is 0.255 e. The molecule has 0 heterocycles. The number of para-hydroxylation sites is 1. The van der Waals surface area contributed by atoms with Gasteiger partial charge in [0.2, 0.25) is 0 Å². The summed E-state index contributed by atoms with van der Waals surface area (Å²) in [6.07, 6.45) is -0.423. The second kappa shape index (κ2) is 9.34. The Balaban J connectivity index is 2.61. The third-order valence-corrected chi connectivity index (χ3v) is 2.57. The molecule has 1 N–H and O–H groups in total. The van der Waals surface area contributed by atoms with E-state index in [1.165, 1.54) is 0 Å². The van der Waals surface area contributed by atoms with Gasteiger partial charge in [0.1, 0.15) is 5.75 Å². The molecule has 0 aliphatic carbocycles. The van der Waals surface area contributed by atoms with E-state index >= 15 is 0 Å². The van der Waals surface area contributed by atoms with E-state index in [2.05, 4.69) is 5.32 Å². The Hall–Kier alpha value is -1.59. The molecule has 0 aliphatic heterocycles. The van der Waals surface area contributed by atoms with Gasteiger partial charge in [0.25, 0.3) is 5.91 Å². The normalized spacial score (nSPS) is 10.6. The topological polar surface area (TPSA) is 56.8 Å². The summed E-state index contributed by atoms with van der Waals surface area (Å²) in [5.41, 5.74) is 0.515. The number of amides is 1. The summed E-state index contributed by atoms with van der Waals surface area (Å²) in [7, 11) is 0. The van der Waals surface area contributed by atoms with E-state index in [0.717, 1.165) is 0 Å². The molecule has 0 saturated carbocycles. The summed E-state index contributed by atoms with van der Waals surface area (Å²) >= 11 is 0. The van der Waals surface area contributed by atoms with E-state index < -0.39 is 6.29 Å². The highest BCUT2D eigenvalue weighted by molar-refractivity contribution is 5.96. The lowest BCUT2D eigenvalue weighted by Crippen LogP contribution is -2.35. The summed E-state index contributed by atoms with van der Waals surface area (Å²) < 4.78 is 16.2. The molecule has 0 bridgehead atoms. The van der Waals surface area contributed by atoms with Gasteiger partial charge in [-0.3, -0.25) is 4.79 Å². The number of carbonyl (C=O) groups excluding carboxylic acids is 1. The molecule has 1 rings (SSSR count). The third-order valence-electron chi connectivity index (χ3n) is 2.57. The Morgan fingerprint density at radius 2 is 1.75 bits per heavy atom. The molecule has 0 spiro atoms. The molecule has 0 fully saturated rings. The van der Waals surface area contributed by atoms with Gasteiger partial charge in [-0.1, -0.05) is 12.1 Å². The van der Waals surface area contributed by atoms with Crippen LogP contribution in [0.5, 0.6) is 5.75 Å². The van der Waals surface area contributed by atoms with E-state index in [-0.39, 0.29) is 5.91 Å². The van der Waals surface area contributed by atoms with Crippen LogP contribution in [0.4, 0.5) is 0 Å². The van der Waals surface area contributed by atoms with Crippen LogP contribution in [0, 0.1) is 0 Å². The van der Waals surface area contributed by atoms with Crippen molar-refractivity contribution < 1.29 is 19.0 Å². The number of rotatable bonds is 9. The van der Waals surface area contributed by atoms with Crippen LogP contribution in [0.1, 0.15) is 31.1 Å². The summed E-state index contributed by atoms with van der Waals surface area (Å²) in [6, 6.07) is 7.16. The molecule has 0 aliphatic rings. The zero-order valence-corrected chi connectivity index (χ0v) is 12.3. The van der Waals surface area contributed by atoms with Crippen molar-refractivity contribution in [3.05, 3.63) is 29.8 Å². The molecular formula is C15H23NO4. The van der Waals surface area contributed by atoms with E-state index in [4.69, 9.17) is 14.2 Å². The highest BCUT2D eigenvalue weighted by Crippen LogP contribution is 2.17. The summed E-state index contributed by atoms with van der Waals surface area (Å²) in [5, 5.41) is 2.80. The van der Waals surface area contributed by atoms with Crippen LogP contribution in [-0.4, -0.2) is 38.6 Å². The summed E-state index contributed by atoms with van der Waals surface area (Å²) in [6.45, 7) is 7.56. The zero-order valence-electron chi connectivity index (χ0n) is 12.3. The van der Waals surface area contributed by atoms with Crippen LogP contribution >= 0.6 is 0 Å². The lowest BCUT2D eigenvalue weighted by Gasteiger charge is -2.18. The maximum atomic E-state index is 12.2. The minimum absolute atomic E-state index is 0.196. The average molecular weight is 281 g/mol. The van der Waals surface area contributed by atoms with Gasteiger partial charge >= 0.3 is 0 Å². The predicted octanol–water partition coefficient (Wildman–Crippen LogP) is 2.21. The highest BCUT2D eigenvalue weighted by Gasteiger charge is 2.14. The first kappa shape index (κ1) is 16.5. The van der Waals surface area contributed by atoms with Crippen LogP contribution in [0.3, 0.4) is 0 Å². The number of nitrogens with one attached hydrogen (secondary N) is 1. The monoisotopic (exact) mass is 281 g/mol. The molecule has 0 saturated heterocycles. The van der Waals surface area contributed by atoms with Gasteiger partial charge in [-0.05, 0) is 32.9 Å². The fourth-order valence-corrected chi connectivity index (χ4v) is 1.74. The second-order valence-electron chi connectivity index (χ2n) is 3.98. The fraction of sp³-hybridized carbons (Fsp3) is 0.533. The molecule has 20 heavy (non-hydrogen) atoms. The number of carbonyl (C=O) groups is 1. The number of benzene rings is 1. The Morgan fingerprint density at radius 1 is 1.10 bits per heavy atom. The Morgan fingerprint density at radius 3 is 2.35 bits per heavy atom. The lowest BCUT2D eigenvalue weighted by molar-refractivity contribution is -0.131. The minimum Gasteiger partial charge on any atom is -0.493 e. The van der Waals surface area contributed by atoms with Crippen molar-refractivity contribution in [1.82, 2.24) is 5.32 Å². The van der Waals surface area contributed by atoms with Crippen molar-refractivity contribution >= 4 is 5.91 Å². The maximum Gasteiger partial charge on any atom is 0.255 e. The largest absolute Gasteiger partial charge is 0.493 e. The Bertz CT molecular complexity index is 403. The SMILES string of the molecule is CCOc1ccccc1C(=O)NCC(OCC)OCC. The van der Waals surface area contributed by atoms with E-state index in [1.807, 2.05) is 26.8 Å². The molecular weight excluding hydrogens is 258 g/mol. The van der Waals surface area contributed by atoms with Gasteiger partial charge in [-0.25, -0.2) is 0 Å². The molecule has 0 aromatic heterocycles. The molecule has 1 aromatic carbocycles. The van der Waals surface area contributed by atoms with Crippen molar-refractivity contribution in [2.45, 2.75) is 27.1 Å². The van der Waals surface area contributed by atoms with Crippen LogP contribution in [0.2, 0.25) is 0 Å². The minimum atomic E-state index is -0.423. The molecule has 5 nitrogen and oxygen atoms in total. The fourth-order valence-electron chi connectivity index (χ4n) is 1.74. The molecule has 112 valence electrons. The average Bonchev–Trinajstić information content (AvgIpc) is 2.46. The van der Waals surface area contributed by atoms with Crippen molar-refractivity contribution in [3.8, 4) is 5.75 Å². The molecule has 5 heteroatoms. The van der Waals surface area contributed by atoms with Crippen molar-refractivity contribution in [2.75, 3.05) is 26.4 Å². The first-order valence-corrected chi connectivity index (χ1v) is 6.96. The predicted molar refractivity (Wildman–Crippen MR) is 77.0 cm³/mol. The third kappa shape index (κ3) is 5.19. The van der Waals surface area contributed by atoms with Crippen LogP contribution in [0.15, 0.2) is 24.3 Å². The number of ether oxygens (including phenoxy) is 3. The summed E-state index contributed by atoms with van der Waals surface area (Å²) in [4.78, 5) is 12.2. The van der Waals surface area contributed by atoms with Gasteiger partial charge in [0.05, 0.1) is 18.7 Å². The van der Waals surface area contributed by atoms with Gasteiger partial charge in [-0.15, -0.1) is 0 Å². The van der Waals surface area contributed by atoms with Gasteiger partial charge in [0, 0.05) is 13.2 Å². The van der Waals surface area contributed by atoms with Gasteiger partial charge in [-0.2, -0.15) is 0 Å². The van der Waals surface area contributed by atoms with Gasteiger partial charge in [0.15, 0.2) is 6.29 Å². The molecule has 0 unspecified atom stereocenters. The standard InChI is InChI=1S/C15H23NO4/c1-4-18-13-10-8-7-9-12(13)15(17)16-11-14(19-5-2)20-6-3/h7-10,14H,4-6,11H2,1-3H3,(H,16,17). The van der Waals surface area contributed by atoms with E-state index in [0.29, 0.717) is 37.7 Å². The second-order valence-corrected chi connectivity index (χ2v) is 3.98. The van der Waals surface area contributed by atoms with Crippen LogP contribution in [-0.2, 0) is 9.47 Å². The first-order chi connectivity index (χ1) is 9.72. The summed E-state index contributed by atoms with van der Waals surface area (Å²) in [5.74, 6) is 0.385. The quantitative estimate of drug-likeness (QED) is 0.705. The van der Waals surface area contributed by atoms with Crippen molar-refractivity contribution in [3.63, 3.8) is 0 Å². The van der Waals surface area contributed by atoms with Crippen LogP contribution < -0.4 is 10.1 Å². The highest BCUT2D eigenvalue weighted by atomic mass is 16.7. The number of hydrogen-bond acceptors (Lipinski definition) is 4. The Kier molecular flexibility index (Phi) is 7.69. The zero-order chi connectivity index (χ0) is 14.8. The number of hydrogen-bond donors (Lipinski definition) is 1. The van der Waals surface area contributed by atoms with E-state index in [9.17, 15) is 4.79 Å². The van der Waals surface area contributed by atoms with Crippen molar-refractivity contribution in [1.29, 1.82) is 0 Å². The molecule has 1 aromatic rings.